The maximum absolute atomic E-state index is 15.4. The van der Waals surface area contributed by atoms with Crippen molar-refractivity contribution in [1.82, 2.24) is 10.2 Å². The van der Waals surface area contributed by atoms with Crippen LogP contribution in [0.2, 0.25) is 0 Å². The maximum Gasteiger partial charge on any atom is 0.461 e. The van der Waals surface area contributed by atoms with Crippen molar-refractivity contribution < 1.29 is 58.9 Å². The van der Waals surface area contributed by atoms with Gasteiger partial charge >= 0.3 is 24.8 Å². The van der Waals surface area contributed by atoms with Gasteiger partial charge in [-0.05, 0) is 63.2 Å². The lowest BCUT2D eigenvalue weighted by molar-refractivity contribution is -0.253. The molecule has 0 aliphatic heterocycles. The fraction of sp³-hybridized carbons (Fsp3) is 0.220. The van der Waals surface area contributed by atoms with Gasteiger partial charge in [0.05, 0.1) is 12.0 Å². The fourth-order valence-electron chi connectivity index (χ4n) is 7.11. The molecule has 15 heteroatoms. The molecule has 1 aliphatic carbocycles. The van der Waals surface area contributed by atoms with Gasteiger partial charge in [-0.2, -0.15) is 30.7 Å². The molecule has 0 saturated carbocycles. The van der Waals surface area contributed by atoms with Crippen molar-refractivity contribution in [2.24, 2.45) is 0 Å². The summed E-state index contributed by atoms with van der Waals surface area (Å²) in [7, 11) is 0. The van der Waals surface area contributed by atoms with E-state index >= 15 is 4.39 Å². The van der Waals surface area contributed by atoms with Gasteiger partial charge in [-0.15, -0.1) is 0 Å². The molecule has 0 aromatic heterocycles. The van der Waals surface area contributed by atoms with E-state index < -0.39 is 90.5 Å². The first-order valence-corrected chi connectivity index (χ1v) is 17.0. The van der Waals surface area contributed by atoms with Gasteiger partial charge in [0.15, 0.2) is 0 Å². The maximum atomic E-state index is 15.4. The molecule has 0 unspecified atom stereocenters. The highest BCUT2D eigenvalue weighted by molar-refractivity contribution is 5.87. The first-order valence-electron chi connectivity index (χ1n) is 17.0. The number of benzene rings is 5. The third-order valence-corrected chi connectivity index (χ3v) is 9.55. The van der Waals surface area contributed by atoms with Gasteiger partial charge < -0.3 is 15.2 Å². The van der Waals surface area contributed by atoms with Crippen LogP contribution in [-0.4, -0.2) is 53.3 Å². The number of hydrogen-bond acceptors (Lipinski definition) is 3. The monoisotopic (exact) mass is 786 g/mol. The van der Waals surface area contributed by atoms with Crippen molar-refractivity contribution in [3.63, 3.8) is 0 Å². The number of hydrogen-bond donors (Lipinski definition) is 2. The molecular formula is C41H31F9N2O4. The Morgan fingerprint density at radius 2 is 1.30 bits per heavy atom. The molecule has 6 nitrogen and oxygen atoms in total. The van der Waals surface area contributed by atoms with Crippen molar-refractivity contribution in [3.8, 4) is 16.9 Å². The standard InChI is InChI=1S/C41H31F9N2O4/c42-27-16-14-25(15-17-27)39(21-24-8-2-1-3-9-24,26-18-28(43)20-29(19-26)56-41(49,50)37(44)45)51-36(53)35(22-40(46,47)48)52(38(54)55)23-34-32-12-6-4-10-30(32)31-11-5-7-13-33(31)34/h1-20,34-35,37H,21-23H2,(H,51,53)(H,54,55)/t35-,39-/m1/s1. The van der Waals surface area contributed by atoms with Crippen LogP contribution in [0.15, 0.2) is 121 Å². The molecule has 2 amide bonds. The third-order valence-electron chi connectivity index (χ3n) is 9.55. The number of rotatable bonds is 13. The van der Waals surface area contributed by atoms with Crippen LogP contribution in [0.3, 0.4) is 0 Å². The highest BCUT2D eigenvalue weighted by Gasteiger charge is 2.47. The molecule has 0 saturated heterocycles. The molecule has 2 atom stereocenters. The molecule has 5 aromatic carbocycles. The first kappa shape index (κ1) is 39.7. The van der Waals surface area contributed by atoms with Crippen molar-refractivity contribution in [2.75, 3.05) is 6.54 Å². The van der Waals surface area contributed by atoms with Crippen LogP contribution in [0, 0.1) is 11.6 Å². The molecule has 5 aromatic rings. The van der Waals surface area contributed by atoms with Gasteiger partial charge in [0.1, 0.15) is 23.4 Å². The van der Waals surface area contributed by atoms with Crippen LogP contribution >= 0.6 is 0 Å². The van der Waals surface area contributed by atoms with E-state index in [1.54, 1.807) is 66.7 Å². The zero-order valence-electron chi connectivity index (χ0n) is 28.9. The Morgan fingerprint density at radius 1 is 0.732 bits per heavy atom. The van der Waals surface area contributed by atoms with E-state index in [2.05, 4.69) is 10.1 Å². The highest BCUT2D eigenvalue weighted by atomic mass is 19.4. The number of carbonyl (C=O) groups excluding carboxylic acids is 1. The molecule has 0 fully saturated rings. The van der Waals surface area contributed by atoms with Crippen molar-refractivity contribution in [3.05, 3.63) is 161 Å². The predicted octanol–water partition coefficient (Wildman–Crippen LogP) is 9.92. The SMILES string of the molecule is O=C(N[C@](Cc1ccccc1)(c1ccc(F)cc1)c1cc(F)cc(OC(F)(F)C(F)F)c1)[C@@H](CC(F)(F)F)N(CC1c2ccccc2-c2ccccc21)C(=O)O. The number of ether oxygens (including phenoxy) is 1. The second-order valence-corrected chi connectivity index (χ2v) is 13.2. The Hall–Kier alpha value is -5.99. The summed E-state index contributed by atoms with van der Waals surface area (Å²) in [4.78, 5) is 28.0. The van der Waals surface area contributed by atoms with E-state index in [0.717, 1.165) is 35.4 Å². The average molecular weight is 787 g/mol. The molecule has 0 spiro atoms. The molecule has 0 radical (unpaired) electrons. The Labute approximate surface area is 314 Å². The molecule has 56 heavy (non-hydrogen) atoms. The van der Waals surface area contributed by atoms with E-state index in [0.29, 0.717) is 39.8 Å². The number of nitrogens with zero attached hydrogens (tertiary/aromatic N) is 1. The lowest BCUT2D eigenvalue weighted by atomic mass is 9.77. The van der Waals surface area contributed by atoms with E-state index in [4.69, 9.17) is 0 Å². The predicted molar refractivity (Wildman–Crippen MR) is 186 cm³/mol. The molecule has 6 rings (SSSR count). The molecular weight excluding hydrogens is 755 g/mol. The van der Waals surface area contributed by atoms with E-state index in [1.807, 2.05) is 0 Å². The molecule has 0 bridgehead atoms. The largest absolute Gasteiger partial charge is 0.465 e. The minimum absolute atomic E-state index is 0.125. The molecule has 1 aliphatic rings. The van der Waals surface area contributed by atoms with Crippen LogP contribution < -0.4 is 10.1 Å². The summed E-state index contributed by atoms with van der Waals surface area (Å²) in [5.74, 6) is -5.65. The van der Waals surface area contributed by atoms with Crippen molar-refractivity contribution in [1.29, 1.82) is 0 Å². The summed E-state index contributed by atoms with van der Waals surface area (Å²) < 4.78 is 132. The lowest BCUT2D eigenvalue weighted by Crippen LogP contribution is -2.58. The topological polar surface area (TPSA) is 78.9 Å². The highest BCUT2D eigenvalue weighted by Crippen LogP contribution is 2.46. The molecule has 292 valence electrons. The Bertz CT molecular complexity index is 2150. The number of nitrogens with one attached hydrogen (secondary N) is 1. The number of carboxylic acid groups (broad SMARTS) is 1. The summed E-state index contributed by atoms with van der Waals surface area (Å²) in [6.07, 6.45) is -19.0. The minimum atomic E-state index is -5.14. The Kier molecular flexibility index (Phi) is 11.1. The minimum Gasteiger partial charge on any atom is -0.465 e. The quantitative estimate of drug-likeness (QED) is 0.117. The van der Waals surface area contributed by atoms with Gasteiger partial charge in [-0.1, -0.05) is 91.0 Å². The van der Waals surface area contributed by atoms with Crippen LogP contribution in [0.4, 0.5) is 44.3 Å². The first-order chi connectivity index (χ1) is 26.5. The summed E-state index contributed by atoms with van der Waals surface area (Å²) in [5.41, 5.74) is 0.0423. The third kappa shape index (κ3) is 8.46. The summed E-state index contributed by atoms with van der Waals surface area (Å²) in [5, 5.41) is 13.0. The Balaban J connectivity index is 1.51. The van der Waals surface area contributed by atoms with Crippen LogP contribution in [0.1, 0.15) is 40.2 Å². The van der Waals surface area contributed by atoms with Gasteiger partial charge in [-0.25, -0.2) is 13.6 Å². The fourth-order valence-corrected chi connectivity index (χ4v) is 7.11. The van der Waals surface area contributed by atoms with Gasteiger partial charge in [0.25, 0.3) is 0 Å². The number of alkyl halides is 7. The summed E-state index contributed by atoms with van der Waals surface area (Å²) in [6.45, 7) is -0.625. The lowest BCUT2D eigenvalue weighted by Gasteiger charge is -2.40. The smallest absolute Gasteiger partial charge is 0.461 e. The van der Waals surface area contributed by atoms with Gasteiger partial charge in [-0.3, -0.25) is 9.69 Å². The van der Waals surface area contributed by atoms with Crippen LogP contribution in [0.5, 0.6) is 5.75 Å². The van der Waals surface area contributed by atoms with Crippen LogP contribution in [0.25, 0.3) is 11.1 Å². The molecule has 0 heterocycles. The summed E-state index contributed by atoms with van der Waals surface area (Å²) >= 11 is 0. The van der Waals surface area contributed by atoms with Crippen molar-refractivity contribution in [2.45, 2.75) is 49.1 Å². The van der Waals surface area contributed by atoms with Crippen molar-refractivity contribution >= 4 is 12.0 Å². The zero-order valence-corrected chi connectivity index (χ0v) is 28.9. The number of carbonyl (C=O) groups is 2. The van der Waals surface area contributed by atoms with Gasteiger partial charge in [0.2, 0.25) is 5.91 Å². The summed E-state index contributed by atoms with van der Waals surface area (Å²) in [6, 6.07) is 24.8. The average Bonchev–Trinajstić information content (AvgIpc) is 3.45. The second kappa shape index (κ2) is 15.6. The number of amides is 2. The van der Waals surface area contributed by atoms with E-state index in [1.165, 1.54) is 12.1 Å². The van der Waals surface area contributed by atoms with E-state index in [9.17, 15) is 49.8 Å². The number of fused-ring (bicyclic) bond motifs is 3. The van der Waals surface area contributed by atoms with Gasteiger partial charge in [0, 0.05) is 24.9 Å². The molecule has 2 N–H and O–H groups in total. The van der Waals surface area contributed by atoms with Crippen LogP contribution in [-0.2, 0) is 16.8 Å². The second-order valence-electron chi connectivity index (χ2n) is 13.2. The Morgan fingerprint density at radius 3 is 1.86 bits per heavy atom. The number of halogens is 9. The zero-order chi connectivity index (χ0) is 40.4. The van der Waals surface area contributed by atoms with E-state index in [-0.39, 0.29) is 5.56 Å². The normalized spacial score (nSPS) is 14.4.